The Bertz CT molecular complexity index is 817. The van der Waals surface area contributed by atoms with E-state index in [4.69, 9.17) is 9.47 Å². The Morgan fingerprint density at radius 3 is 2.68 bits per heavy atom. The second kappa shape index (κ2) is 8.79. The van der Waals surface area contributed by atoms with Crippen molar-refractivity contribution in [3.05, 3.63) is 34.2 Å². The maximum atomic E-state index is 12.7. The molecule has 3 rings (SSSR count). The monoisotopic (exact) mass is 404 g/mol. The van der Waals surface area contributed by atoms with E-state index in [1.165, 1.54) is 6.92 Å². The lowest BCUT2D eigenvalue weighted by Crippen LogP contribution is -2.42. The molecule has 0 aromatic heterocycles. The van der Waals surface area contributed by atoms with Crippen LogP contribution in [0, 0.1) is 6.92 Å². The van der Waals surface area contributed by atoms with E-state index < -0.39 is 23.2 Å². The summed E-state index contributed by atoms with van der Waals surface area (Å²) in [6, 6.07) is 5.09. The lowest BCUT2D eigenvalue weighted by atomic mass is 10.1. The summed E-state index contributed by atoms with van der Waals surface area (Å²) in [4.78, 5) is 40.4. The minimum Gasteiger partial charge on any atom is -0.464 e. The minimum atomic E-state index is -0.942. The van der Waals surface area contributed by atoms with Crippen molar-refractivity contribution in [2.24, 2.45) is 0 Å². The maximum Gasteiger partial charge on any atom is 0.329 e. The summed E-state index contributed by atoms with van der Waals surface area (Å²) in [6.45, 7) is 8.48. The van der Waals surface area contributed by atoms with Crippen LogP contribution in [0.5, 0.6) is 0 Å². The summed E-state index contributed by atoms with van der Waals surface area (Å²) in [6.07, 6.45) is 1.71. The fourth-order valence-corrected chi connectivity index (χ4v) is 4.06. The molecule has 28 heavy (non-hydrogen) atoms. The van der Waals surface area contributed by atoms with Crippen molar-refractivity contribution in [3.8, 4) is 0 Å². The largest absolute Gasteiger partial charge is 0.464 e. The van der Waals surface area contributed by atoms with Crippen LogP contribution in [0.1, 0.15) is 25.0 Å². The number of rotatable bonds is 5. The van der Waals surface area contributed by atoms with Gasteiger partial charge in [0, 0.05) is 18.8 Å². The fourth-order valence-electron chi connectivity index (χ4n) is 3.16. The van der Waals surface area contributed by atoms with Crippen molar-refractivity contribution >= 4 is 40.6 Å². The van der Waals surface area contributed by atoms with Crippen LogP contribution in [0.4, 0.5) is 10.5 Å². The van der Waals surface area contributed by atoms with Gasteiger partial charge in [0.05, 0.1) is 24.7 Å². The molecular weight excluding hydrogens is 380 g/mol. The Labute approximate surface area is 168 Å². The lowest BCUT2D eigenvalue weighted by molar-refractivity contribution is -0.150. The third kappa shape index (κ3) is 4.23. The van der Waals surface area contributed by atoms with Gasteiger partial charge in [-0.25, -0.2) is 4.79 Å². The Balaban J connectivity index is 1.79. The molecule has 1 atom stereocenters. The van der Waals surface area contributed by atoms with E-state index in [0.29, 0.717) is 18.1 Å². The van der Waals surface area contributed by atoms with Crippen molar-refractivity contribution in [3.63, 3.8) is 0 Å². The van der Waals surface area contributed by atoms with E-state index in [2.05, 4.69) is 11.0 Å². The molecule has 7 nitrogen and oxygen atoms in total. The van der Waals surface area contributed by atoms with Crippen LogP contribution in [-0.4, -0.2) is 61.0 Å². The summed E-state index contributed by atoms with van der Waals surface area (Å²) in [5.41, 5.74) is 2.99. The molecule has 2 aliphatic rings. The lowest BCUT2D eigenvalue weighted by Gasteiger charge is -2.29. The molecular formula is C20H24N2O5S. The first-order valence-electron chi connectivity index (χ1n) is 9.29. The maximum absolute atomic E-state index is 12.7. The van der Waals surface area contributed by atoms with Crippen molar-refractivity contribution < 1.29 is 23.9 Å². The molecule has 1 aromatic rings. The second-order valence-corrected chi connectivity index (χ2v) is 7.61. The number of ether oxygens (including phenoxy) is 2. The number of benzene rings is 1. The molecule has 150 valence electrons. The summed E-state index contributed by atoms with van der Waals surface area (Å²) >= 11 is 0.845. The number of anilines is 1. The molecule has 0 N–H and O–H groups in total. The van der Waals surface area contributed by atoms with E-state index in [1.54, 1.807) is 13.0 Å². The predicted molar refractivity (Wildman–Crippen MR) is 108 cm³/mol. The number of amides is 2. The number of esters is 1. The van der Waals surface area contributed by atoms with Crippen LogP contribution in [0.2, 0.25) is 0 Å². The first kappa shape index (κ1) is 20.4. The molecule has 2 fully saturated rings. The SMILES string of the molecule is CCOC(=O)[C@H](C)N1C(=O)S/C(=C/c2ccc(N3CCOCC3)cc2C)C1=O. The number of nitrogens with zero attached hydrogens (tertiary/aromatic N) is 2. The molecule has 2 saturated heterocycles. The number of carbonyl (C=O) groups excluding carboxylic acids is 3. The van der Waals surface area contributed by atoms with Gasteiger partial charge in [0.25, 0.3) is 11.1 Å². The van der Waals surface area contributed by atoms with Crippen LogP contribution < -0.4 is 4.90 Å². The first-order chi connectivity index (χ1) is 13.4. The van der Waals surface area contributed by atoms with E-state index >= 15 is 0 Å². The molecule has 0 aliphatic carbocycles. The molecule has 1 aromatic carbocycles. The predicted octanol–water partition coefficient (Wildman–Crippen LogP) is 2.82. The quantitative estimate of drug-likeness (QED) is 0.552. The van der Waals surface area contributed by atoms with Gasteiger partial charge in [0.2, 0.25) is 0 Å². The van der Waals surface area contributed by atoms with Gasteiger partial charge in [-0.15, -0.1) is 0 Å². The van der Waals surface area contributed by atoms with Crippen LogP contribution in [0.25, 0.3) is 6.08 Å². The van der Waals surface area contributed by atoms with Crippen molar-refractivity contribution in [1.29, 1.82) is 0 Å². The standard InChI is InChI=1S/C20H24N2O5S/c1-4-27-19(24)14(3)22-18(23)17(28-20(22)25)12-15-5-6-16(11-13(15)2)21-7-9-26-10-8-21/h5-6,11-12,14H,4,7-10H2,1-3H3/b17-12+/t14-/m0/s1. The number of imide groups is 1. The van der Waals surface area contributed by atoms with Crippen molar-refractivity contribution in [2.45, 2.75) is 26.8 Å². The van der Waals surface area contributed by atoms with Gasteiger partial charge in [-0.3, -0.25) is 14.5 Å². The molecule has 0 unspecified atom stereocenters. The van der Waals surface area contributed by atoms with Gasteiger partial charge < -0.3 is 14.4 Å². The molecule has 2 amide bonds. The molecule has 0 bridgehead atoms. The number of aryl methyl sites for hydroxylation is 1. The second-order valence-electron chi connectivity index (χ2n) is 6.62. The third-order valence-corrected chi connectivity index (χ3v) is 5.64. The third-order valence-electron chi connectivity index (χ3n) is 4.75. The van der Waals surface area contributed by atoms with Gasteiger partial charge in [0.1, 0.15) is 6.04 Å². The Hall–Kier alpha value is -2.32. The van der Waals surface area contributed by atoms with Crippen LogP contribution >= 0.6 is 11.8 Å². The Kier molecular flexibility index (Phi) is 6.41. The number of hydrogen-bond donors (Lipinski definition) is 0. The Morgan fingerprint density at radius 1 is 1.32 bits per heavy atom. The zero-order chi connectivity index (χ0) is 20.3. The topological polar surface area (TPSA) is 76.2 Å². The van der Waals surface area contributed by atoms with Gasteiger partial charge in [-0.2, -0.15) is 0 Å². The average Bonchev–Trinajstić information content (AvgIpc) is 2.97. The fraction of sp³-hybridized carbons (Fsp3) is 0.450. The Morgan fingerprint density at radius 2 is 2.04 bits per heavy atom. The van der Waals surface area contributed by atoms with E-state index in [0.717, 1.165) is 46.6 Å². The van der Waals surface area contributed by atoms with Gasteiger partial charge in [-0.1, -0.05) is 6.07 Å². The number of thioether (sulfide) groups is 1. The smallest absolute Gasteiger partial charge is 0.329 e. The van der Waals surface area contributed by atoms with Gasteiger partial charge >= 0.3 is 5.97 Å². The average molecular weight is 404 g/mol. The molecule has 8 heteroatoms. The van der Waals surface area contributed by atoms with Gasteiger partial charge in [-0.05, 0) is 61.9 Å². The summed E-state index contributed by atoms with van der Waals surface area (Å²) in [5.74, 6) is -1.05. The van der Waals surface area contributed by atoms with E-state index in [-0.39, 0.29) is 6.61 Å². The number of hydrogen-bond acceptors (Lipinski definition) is 7. The van der Waals surface area contributed by atoms with Crippen molar-refractivity contribution in [1.82, 2.24) is 4.90 Å². The normalized spacial score (nSPS) is 20.0. The molecule has 2 aliphatic heterocycles. The molecule has 0 saturated carbocycles. The molecule has 2 heterocycles. The summed E-state index contributed by atoms with van der Waals surface area (Å²) in [7, 11) is 0. The van der Waals surface area contributed by atoms with Gasteiger partial charge in [0.15, 0.2) is 0 Å². The van der Waals surface area contributed by atoms with E-state index in [9.17, 15) is 14.4 Å². The first-order valence-corrected chi connectivity index (χ1v) is 10.1. The van der Waals surface area contributed by atoms with E-state index in [1.807, 2.05) is 19.1 Å². The zero-order valence-electron chi connectivity index (χ0n) is 16.3. The summed E-state index contributed by atoms with van der Waals surface area (Å²) < 4.78 is 10.3. The number of carbonyl (C=O) groups is 3. The molecule has 0 spiro atoms. The van der Waals surface area contributed by atoms with Crippen molar-refractivity contribution in [2.75, 3.05) is 37.8 Å². The highest BCUT2D eigenvalue weighted by Gasteiger charge is 2.41. The highest BCUT2D eigenvalue weighted by molar-refractivity contribution is 8.18. The number of morpholine rings is 1. The zero-order valence-corrected chi connectivity index (χ0v) is 17.1. The summed E-state index contributed by atoms with van der Waals surface area (Å²) in [5, 5.41) is -0.459. The minimum absolute atomic E-state index is 0.198. The van der Waals surface area contributed by atoms with Crippen LogP contribution in [0.3, 0.4) is 0 Å². The van der Waals surface area contributed by atoms with Crippen LogP contribution in [-0.2, 0) is 19.1 Å². The highest BCUT2D eigenvalue weighted by Crippen LogP contribution is 2.34. The van der Waals surface area contributed by atoms with Crippen LogP contribution in [0.15, 0.2) is 23.1 Å². The molecule has 0 radical (unpaired) electrons. The highest BCUT2D eigenvalue weighted by atomic mass is 32.2.